The van der Waals surface area contributed by atoms with Crippen LogP contribution in [0.5, 0.6) is 0 Å². The van der Waals surface area contributed by atoms with Gasteiger partial charge in [-0.15, -0.1) is 0 Å². The van der Waals surface area contributed by atoms with E-state index in [1.165, 1.54) is 0 Å². The largest absolute Gasteiger partial charge is 0.500 e. The van der Waals surface area contributed by atoms with Gasteiger partial charge >= 0.3 is 14.9 Å². The first kappa shape index (κ1) is 29.7. The Morgan fingerprint density at radius 2 is 1.50 bits per heavy atom. The minimum Gasteiger partial charge on any atom is -0.456 e. The average molecular weight is 483 g/mol. The fraction of sp³-hybridized carbons (Fsp3) is 0.947. The van der Waals surface area contributed by atoms with Gasteiger partial charge in [-0.1, -0.05) is 0 Å². The summed E-state index contributed by atoms with van der Waals surface area (Å²) < 4.78 is 34.2. The van der Waals surface area contributed by atoms with Gasteiger partial charge in [-0.05, 0) is 65.8 Å². The summed E-state index contributed by atoms with van der Waals surface area (Å²) >= 11 is 0. The minimum absolute atomic E-state index is 0.247. The fourth-order valence-corrected chi connectivity index (χ4v) is 10.7. The topological polar surface area (TPSA) is 84.5 Å². The van der Waals surface area contributed by atoms with Gasteiger partial charge in [-0.3, -0.25) is 0 Å². The highest BCUT2D eigenvalue weighted by atomic mass is 28.4. The number of ether oxygens (including phenoxy) is 2. The van der Waals surface area contributed by atoms with E-state index in [4.69, 9.17) is 26.9 Å². The van der Waals surface area contributed by atoms with Gasteiger partial charge in [0.15, 0.2) is 17.4 Å². The van der Waals surface area contributed by atoms with Crippen molar-refractivity contribution >= 4 is 32.3 Å². The van der Waals surface area contributed by atoms with Crippen LogP contribution in [0.1, 0.15) is 33.6 Å². The summed E-state index contributed by atoms with van der Waals surface area (Å²) in [6, 6.07) is 1.74. The molecule has 0 aliphatic heterocycles. The zero-order chi connectivity index (χ0) is 22.9. The van der Waals surface area contributed by atoms with E-state index >= 15 is 0 Å². The molecule has 0 rings (SSSR count). The summed E-state index contributed by atoms with van der Waals surface area (Å²) in [6.45, 7) is 18.1. The molecule has 0 bridgehead atoms. The molecule has 179 valence electrons. The molecule has 0 atom stereocenters. The van der Waals surface area contributed by atoms with Crippen molar-refractivity contribution in [3.63, 3.8) is 0 Å². The van der Waals surface area contributed by atoms with Gasteiger partial charge in [0, 0.05) is 39.0 Å². The van der Waals surface area contributed by atoms with E-state index in [0.717, 1.165) is 12.5 Å². The van der Waals surface area contributed by atoms with Gasteiger partial charge in [0.05, 0.1) is 6.61 Å². The maximum Gasteiger partial charge on any atom is 0.500 e. The van der Waals surface area contributed by atoms with Crippen LogP contribution in [0.2, 0.25) is 38.3 Å². The van der Waals surface area contributed by atoms with E-state index in [1.54, 1.807) is 0 Å². The van der Waals surface area contributed by atoms with Gasteiger partial charge in [0.1, 0.15) is 6.61 Å². The van der Waals surface area contributed by atoms with Crippen LogP contribution in [0.3, 0.4) is 0 Å². The lowest BCUT2D eigenvalue weighted by Gasteiger charge is -2.28. The van der Waals surface area contributed by atoms with Crippen molar-refractivity contribution in [2.75, 3.05) is 46.2 Å². The molecule has 0 saturated carbocycles. The van der Waals surface area contributed by atoms with Crippen LogP contribution in [0.15, 0.2) is 0 Å². The first-order chi connectivity index (χ1) is 14.2. The van der Waals surface area contributed by atoms with Gasteiger partial charge in [0.2, 0.25) is 0 Å². The molecule has 0 spiro atoms. The van der Waals surface area contributed by atoms with Gasteiger partial charge < -0.3 is 32.2 Å². The van der Waals surface area contributed by atoms with Crippen LogP contribution in [0, 0.1) is 0 Å². The molecular weight excluding hydrogens is 438 g/mol. The van der Waals surface area contributed by atoms with Crippen LogP contribution < -0.4 is 5.32 Å². The van der Waals surface area contributed by atoms with Gasteiger partial charge in [-0.25, -0.2) is 4.79 Å². The van der Waals surface area contributed by atoms with E-state index < -0.39 is 32.3 Å². The number of rotatable bonds is 19. The predicted molar refractivity (Wildman–Crippen MR) is 126 cm³/mol. The smallest absolute Gasteiger partial charge is 0.456 e. The Morgan fingerprint density at radius 1 is 0.900 bits per heavy atom. The summed E-state index contributed by atoms with van der Waals surface area (Å²) in [7, 11) is -4.81. The Labute approximate surface area is 187 Å². The molecule has 8 nitrogen and oxygen atoms in total. The molecule has 1 N–H and O–H groups in total. The highest BCUT2D eigenvalue weighted by molar-refractivity contribution is 6.77. The zero-order valence-corrected chi connectivity index (χ0v) is 23.1. The summed E-state index contributed by atoms with van der Waals surface area (Å²) in [5.41, 5.74) is 0. The summed E-state index contributed by atoms with van der Waals surface area (Å²) in [5, 5.41) is 2.75. The van der Waals surface area contributed by atoms with Crippen molar-refractivity contribution in [1.82, 2.24) is 5.32 Å². The maximum absolute atomic E-state index is 11.8. The molecule has 0 saturated heterocycles. The van der Waals surface area contributed by atoms with Gasteiger partial charge in [0.25, 0.3) is 0 Å². The first-order valence-corrected chi connectivity index (χ1v) is 18.5. The van der Waals surface area contributed by atoms with Crippen LogP contribution in [0.4, 0.5) is 4.79 Å². The average Bonchev–Trinajstić information content (AvgIpc) is 2.64. The third-order valence-corrected chi connectivity index (χ3v) is 11.8. The second-order valence-electron chi connectivity index (χ2n) is 7.78. The highest BCUT2D eigenvalue weighted by Crippen LogP contribution is 2.17. The monoisotopic (exact) mass is 482 g/mol. The molecular formula is C19H44NO7Si3. The molecule has 0 aliphatic carbocycles. The number of alkyl carbamates (subject to hydrolysis) is 1. The van der Waals surface area contributed by atoms with Crippen LogP contribution in [0.25, 0.3) is 0 Å². The van der Waals surface area contributed by atoms with E-state index in [0.29, 0.717) is 52.0 Å². The Bertz CT molecular complexity index is 422. The molecule has 0 fully saturated rings. The van der Waals surface area contributed by atoms with E-state index in [2.05, 4.69) is 31.5 Å². The molecule has 1 radical (unpaired) electrons. The quantitative estimate of drug-likeness (QED) is 0.220. The molecule has 0 unspecified atom stereocenters. The lowest BCUT2D eigenvalue weighted by molar-refractivity contribution is 0.0690. The number of carbonyl (C=O) groups is 1. The van der Waals surface area contributed by atoms with Crippen LogP contribution in [-0.4, -0.2) is 78.4 Å². The summed E-state index contributed by atoms with van der Waals surface area (Å²) in [6.07, 6.45) is 1.25. The van der Waals surface area contributed by atoms with Crippen molar-refractivity contribution < 1.29 is 31.7 Å². The Hall–Kier alpha value is -0.279. The Kier molecular flexibility index (Phi) is 17.1. The fourth-order valence-electron chi connectivity index (χ4n) is 2.84. The molecule has 0 aromatic rings. The lowest BCUT2D eigenvalue weighted by Crippen LogP contribution is -2.46. The van der Waals surface area contributed by atoms with Crippen molar-refractivity contribution in [2.24, 2.45) is 0 Å². The van der Waals surface area contributed by atoms with E-state index in [-0.39, 0.29) is 6.61 Å². The van der Waals surface area contributed by atoms with Crippen molar-refractivity contribution in [2.45, 2.75) is 71.9 Å². The second-order valence-corrected chi connectivity index (χ2v) is 17.5. The summed E-state index contributed by atoms with van der Waals surface area (Å²) in [5.74, 6) is 0. The van der Waals surface area contributed by atoms with E-state index in [9.17, 15) is 4.79 Å². The first-order valence-electron chi connectivity index (χ1n) is 11.1. The van der Waals surface area contributed by atoms with Crippen LogP contribution >= 0.6 is 0 Å². The second kappa shape index (κ2) is 17.3. The zero-order valence-electron chi connectivity index (χ0n) is 20.1. The molecule has 30 heavy (non-hydrogen) atoms. The van der Waals surface area contributed by atoms with Crippen molar-refractivity contribution in [3.8, 4) is 0 Å². The maximum atomic E-state index is 11.8. The molecule has 11 heteroatoms. The standard InChI is InChI=1S/C19H44NO7Si3/c1-8-24-30(25-9-2,26-10-3)18-11-13-20-19(21)23-16-15-22-14-12-17-28(4)27-29(5,6)7/h8-18H2,1-7H3,(H,20,21). The number of carbonyl (C=O) groups excluding carboxylic acids is 1. The normalized spacial score (nSPS) is 12.4. The van der Waals surface area contributed by atoms with E-state index in [1.807, 2.05) is 20.8 Å². The molecule has 0 aromatic heterocycles. The minimum atomic E-state index is -2.65. The summed E-state index contributed by atoms with van der Waals surface area (Å²) in [4.78, 5) is 11.8. The predicted octanol–water partition coefficient (Wildman–Crippen LogP) is 4.03. The molecule has 0 aromatic carbocycles. The molecule has 0 heterocycles. The number of nitrogens with one attached hydrogen (secondary N) is 1. The number of amides is 1. The van der Waals surface area contributed by atoms with Crippen LogP contribution in [-0.2, 0) is 26.9 Å². The van der Waals surface area contributed by atoms with Gasteiger partial charge in [-0.2, -0.15) is 0 Å². The lowest BCUT2D eigenvalue weighted by atomic mass is 10.5. The third-order valence-electron chi connectivity index (χ3n) is 3.78. The molecule has 0 aliphatic rings. The van der Waals surface area contributed by atoms with Crippen molar-refractivity contribution in [3.05, 3.63) is 0 Å². The Balaban J connectivity index is 3.80. The SMILES string of the molecule is CCO[Si](CCCNC(=O)OCCOCCC[Si](C)O[Si](C)(C)C)(OCC)OCC. The highest BCUT2D eigenvalue weighted by Gasteiger charge is 2.39. The number of hydrogen-bond donors (Lipinski definition) is 1. The Morgan fingerprint density at radius 3 is 2.03 bits per heavy atom. The third kappa shape index (κ3) is 16.4. The molecule has 1 amide bonds. The number of hydrogen-bond acceptors (Lipinski definition) is 7. The van der Waals surface area contributed by atoms with Crippen molar-refractivity contribution in [1.29, 1.82) is 0 Å².